The van der Waals surface area contributed by atoms with E-state index in [1.807, 2.05) is 19.1 Å². The van der Waals surface area contributed by atoms with Crippen LogP contribution >= 0.6 is 11.6 Å². The molecule has 0 fully saturated rings. The van der Waals surface area contributed by atoms with Crippen LogP contribution in [0, 0.1) is 5.82 Å². The number of hydrogen-bond acceptors (Lipinski definition) is 3. The molecule has 128 valence electrons. The molecule has 2 aromatic carbocycles. The smallest absolute Gasteiger partial charge is 0.243 e. The van der Waals surface area contributed by atoms with Crippen molar-refractivity contribution in [2.24, 2.45) is 0 Å². The Bertz CT molecular complexity index is 856. The summed E-state index contributed by atoms with van der Waals surface area (Å²) in [6, 6.07) is 10.4. The van der Waals surface area contributed by atoms with Gasteiger partial charge in [-0.15, -0.1) is 0 Å². The van der Waals surface area contributed by atoms with Crippen molar-refractivity contribution in [2.45, 2.75) is 18.2 Å². The summed E-state index contributed by atoms with van der Waals surface area (Å²) in [4.78, 5) is 11.4. The van der Waals surface area contributed by atoms with Crippen LogP contribution in [0.3, 0.4) is 0 Å². The van der Waals surface area contributed by atoms with Gasteiger partial charge >= 0.3 is 0 Å². The highest BCUT2D eigenvalue weighted by atomic mass is 35.5. The van der Waals surface area contributed by atoms with Gasteiger partial charge in [0.05, 0.1) is 6.54 Å². The lowest BCUT2D eigenvalue weighted by Crippen LogP contribution is -2.33. The maximum absolute atomic E-state index is 13.7. The van der Waals surface area contributed by atoms with E-state index in [9.17, 15) is 17.6 Å². The van der Waals surface area contributed by atoms with Crippen LogP contribution in [-0.4, -0.2) is 20.9 Å². The molecule has 2 N–H and O–H groups in total. The summed E-state index contributed by atoms with van der Waals surface area (Å²) in [6.45, 7) is 1.43. The highest BCUT2D eigenvalue weighted by Gasteiger charge is 2.20. The number of anilines is 1. The molecule has 0 saturated heterocycles. The molecule has 1 amide bonds. The van der Waals surface area contributed by atoms with E-state index in [1.54, 1.807) is 12.1 Å². The number of aryl methyl sites for hydroxylation is 1. The van der Waals surface area contributed by atoms with Crippen molar-refractivity contribution in [2.75, 3.05) is 11.9 Å². The minimum atomic E-state index is -4.16. The van der Waals surface area contributed by atoms with E-state index >= 15 is 0 Å². The first-order valence-corrected chi connectivity index (χ1v) is 9.02. The summed E-state index contributed by atoms with van der Waals surface area (Å²) in [5.74, 6) is -1.53. The number of benzene rings is 2. The van der Waals surface area contributed by atoms with Crippen LogP contribution in [0.4, 0.5) is 10.1 Å². The summed E-state index contributed by atoms with van der Waals surface area (Å²) in [6.07, 6.45) is 0.720. The molecule has 0 aliphatic carbocycles. The molecule has 2 rings (SSSR count). The first-order valence-electron chi connectivity index (χ1n) is 7.16. The van der Waals surface area contributed by atoms with E-state index < -0.39 is 33.2 Å². The van der Waals surface area contributed by atoms with Crippen molar-refractivity contribution < 1.29 is 17.6 Å². The first kappa shape index (κ1) is 18.4. The molecule has 0 spiro atoms. The molecule has 0 atom stereocenters. The second-order valence-corrected chi connectivity index (χ2v) is 7.13. The van der Waals surface area contributed by atoms with E-state index in [0.29, 0.717) is 5.69 Å². The van der Waals surface area contributed by atoms with Gasteiger partial charge in [-0.3, -0.25) is 4.79 Å². The first-order chi connectivity index (χ1) is 11.3. The Kier molecular flexibility index (Phi) is 5.93. The van der Waals surface area contributed by atoms with Crippen molar-refractivity contribution in [3.63, 3.8) is 0 Å². The third-order valence-corrected chi connectivity index (χ3v) is 4.95. The number of carbonyl (C=O) groups is 1. The Hall–Kier alpha value is -1.96. The van der Waals surface area contributed by atoms with Gasteiger partial charge in [0.15, 0.2) is 0 Å². The highest BCUT2D eigenvalue weighted by Crippen LogP contribution is 2.19. The van der Waals surface area contributed by atoms with Gasteiger partial charge in [-0.1, -0.05) is 36.7 Å². The molecular formula is C16H16ClFN2O3S. The number of para-hydroxylation sites is 1. The molecule has 0 aliphatic rings. The van der Waals surface area contributed by atoms with E-state index in [0.717, 1.165) is 24.1 Å². The molecule has 24 heavy (non-hydrogen) atoms. The minimum Gasteiger partial charge on any atom is -0.325 e. The minimum absolute atomic E-state index is 0.0837. The SMILES string of the molecule is CCc1ccccc1NC(=O)CNS(=O)(=O)c1ccc(Cl)cc1F. The molecule has 5 nitrogen and oxygen atoms in total. The molecule has 8 heteroatoms. The Morgan fingerprint density at radius 2 is 1.92 bits per heavy atom. The van der Waals surface area contributed by atoms with Gasteiger partial charge in [0.2, 0.25) is 15.9 Å². The van der Waals surface area contributed by atoms with Gasteiger partial charge in [-0.05, 0) is 36.2 Å². The number of halogens is 2. The Morgan fingerprint density at radius 1 is 1.21 bits per heavy atom. The number of hydrogen-bond donors (Lipinski definition) is 2. The second kappa shape index (κ2) is 7.74. The average molecular weight is 371 g/mol. The summed E-state index contributed by atoms with van der Waals surface area (Å²) in [7, 11) is -4.16. The van der Waals surface area contributed by atoms with E-state index in [-0.39, 0.29) is 5.02 Å². The maximum Gasteiger partial charge on any atom is 0.243 e. The largest absolute Gasteiger partial charge is 0.325 e. The Labute approximate surface area is 144 Å². The Balaban J connectivity index is 2.05. The molecule has 0 unspecified atom stereocenters. The fourth-order valence-corrected chi connectivity index (χ4v) is 3.27. The van der Waals surface area contributed by atoms with Crippen molar-refractivity contribution in [3.8, 4) is 0 Å². The van der Waals surface area contributed by atoms with Gasteiger partial charge in [0.1, 0.15) is 10.7 Å². The zero-order valence-corrected chi connectivity index (χ0v) is 14.4. The Morgan fingerprint density at radius 3 is 2.58 bits per heavy atom. The normalized spacial score (nSPS) is 11.3. The maximum atomic E-state index is 13.7. The predicted molar refractivity (Wildman–Crippen MR) is 91.0 cm³/mol. The summed E-state index contributed by atoms with van der Waals surface area (Å²) in [5, 5.41) is 2.71. The van der Waals surface area contributed by atoms with Crippen LogP contribution in [0.1, 0.15) is 12.5 Å². The topological polar surface area (TPSA) is 75.3 Å². The summed E-state index contributed by atoms with van der Waals surface area (Å²) < 4.78 is 39.9. The number of amides is 1. The van der Waals surface area contributed by atoms with Crippen molar-refractivity contribution >= 4 is 33.2 Å². The summed E-state index contributed by atoms with van der Waals surface area (Å²) >= 11 is 5.59. The number of rotatable bonds is 6. The number of carbonyl (C=O) groups excluding carboxylic acids is 1. The van der Waals surface area contributed by atoms with Crippen LogP contribution in [0.5, 0.6) is 0 Å². The van der Waals surface area contributed by atoms with Gasteiger partial charge in [0, 0.05) is 10.7 Å². The molecule has 0 radical (unpaired) electrons. The third-order valence-electron chi connectivity index (χ3n) is 3.28. The van der Waals surface area contributed by atoms with Crippen LogP contribution in [0.25, 0.3) is 0 Å². The van der Waals surface area contributed by atoms with Gasteiger partial charge in [-0.25, -0.2) is 17.5 Å². The molecule has 0 bridgehead atoms. The molecular weight excluding hydrogens is 355 g/mol. The second-order valence-electron chi connectivity index (χ2n) is 4.96. The highest BCUT2D eigenvalue weighted by molar-refractivity contribution is 7.89. The van der Waals surface area contributed by atoms with Crippen LogP contribution in [0.2, 0.25) is 5.02 Å². The van der Waals surface area contributed by atoms with Crippen molar-refractivity contribution in [3.05, 3.63) is 58.9 Å². The monoisotopic (exact) mass is 370 g/mol. The molecule has 0 heterocycles. The van der Waals surface area contributed by atoms with Gasteiger partial charge < -0.3 is 5.32 Å². The predicted octanol–water partition coefficient (Wildman–Crippen LogP) is 2.96. The molecule has 2 aromatic rings. The van der Waals surface area contributed by atoms with Crippen LogP contribution in [-0.2, 0) is 21.2 Å². The van der Waals surface area contributed by atoms with E-state index in [2.05, 4.69) is 10.0 Å². The number of nitrogens with one attached hydrogen (secondary N) is 2. The van der Waals surface area contributed by atoms with E-state index in [4.69, 9.17) is 11.6 Å². The standard InChI is InChI=1S/C16H16ClFN2O3S/c1-2-11-5-3-4-6-14(11)20-16(21)10-19-24(22,23)15-8-7-12(17)9-13(15)18/h3-9,19H,2,10H2,1H3,(H,20,21). The molecule has 0 aromatic heterocycles. The number of sulfonamides is 1. The quantitative estimate of drug-likeness (QED) is 0.820. The van der Waals surface area contributed by atoms with Gasteiger partial charge in [-0.2, -0.15) is 0 Å². The average Bonchev–Trinajstić information content (AvgIpc) is 2.53. The fraction of sp³-hybridized carbons (Fsp3) is 0.188. The summed E-state index contributed by atoms with van der Waals surface area (Å²) in [5.41, 5.74) is 1.54. The molecule has 0 aliphatic heterocycles. The van der Waals surface area contributed by atoms with Gasteiger partial charge in [0.25, 0.3) is 0 Å². The zero-order valence-electron chi connectivity index (χ0n) is 12.8. The molecule has 0 saturated carbocycles. The van der Waals surface area contributed by atoms with Crippen molar-refractivity contribution in [1.29, 1.82) is 0 Å². The lowest BCUT2D eigenvalue weighted by molar-refractivity contribution is -0.115. The van der Waals surface area contributed by atoms with Crippen LogP contribution < -0.4 is 10.0 Å². The lowest BCUT2D eigenvalue weighted by Gasteiger charge is -2.11. The lowest BCUT2D eigenvalue weighted by atomic mass is 10.1. The fourth-order valence-electron chi connectivity index (χ4n) is 2.08. The zero-order chi connectivity index (χ0) is 17.7. The van der Waals surface area contributed by atoms with Crippen LogP contribution in [0.15, 0.2) is 47.4 Å². The van der Waals surface area contributed by atoms with Crippen molar-refractivity contribution in [1.82, 2.24) is 4.72 Å². The van der Waals surface area contributed by atoms with E-state index in [1.165, 1.54) is 6.07 Å². The third kappa shape index (κ3) is 4.53.